The lowest BCUT2D eigenvalue weighted by atomic mass is 9.93. The first kappa shape index (κ1) is 35.2. The van der Waals surface area contributed by atoms with Crippen molar-refractivity contribution >= 4 is 49.8 Å². The number of fused-ring (bicyclic) bond motifs is 4. The van der Waals surface area contributed by atoms with E-state index in [0.717, 1.165) is 66.8 Å². The molecule has 10 aromatic carbocycles. The second kappa shape index (κ2) is 15.1. The molecular weight excluding hydrogens is 727 g/mol. The first-order valence-electron chi connectivity index (χ1n) is 20.5. The van der Waals surface area contributed by atoms with Crippen LogP contribution in [-0.4, -0.2) is 0 Å². The van der Waals surface area contributed by atoms with Gasteiger partial charge in [0.2, 0.25) is 0 Å². The Morgan fingerprint density at radius 1 is 0.267 bits per heavy atom. The van der Waals surface area contributed by atoms with Gasteiger partial charge >= 0.3 is 0 Å². The van der Waals surface area contributed by atoms with Gasteiger partial charge in [0.25, 0.3) is 0 Å². The summed E-state index contributed by atoms with van der Waals surface area (Å²) in [5, 5.41) is 4.64. The zero-order chi connectivity index (χ0) is 39.8. The molecule has 282 valence electrons. The van der Waals surface area contributed by atoms with Crippen LogP contribution in [0.15, 0.2) is 241 Å². The summed E-state index contributed by atoms with van der Waals surface area (Å²) in [7, 11) is 0. The quantitative estimate of drug-likeness (QED) is 0.153. The van der Waals surface area contributed by atoms with E-state index in [9.17, 15) is 0 Å². The normalized spacial score (nSPS) is 11.3. The Hall–Kier alpha value is -7.94. The summed E-state index contributed by atoms with van der Waals surface area (Å²) >= 11 is 0. The standard InChI is InChI=1S/C58H39NO/c1-5-16-41(17-6-1)49-25-13-24-45-30-31-46(38-54(45)49)40-32-34-47(35-33-40)59(48-36-37-50(42-18-7-2-8-19-42)55(39-48)44-22-11-4-12-23-44)56-29-15-28-53-52-27-14-26-51(57(52)60-58(53)56)43-20-9-3-10-21-43/h1-39H. The molecule has 0 radical (unpaired) electrons. The van der Waals surface area contributed by atoms with E-state index in [1.807, 2.05) is 0 Å². The molecule has 0 atom stereocenters. The van der Waals surface area contributed by atoms with Crippen LogP contribution in [-0.2, 0) is 0 Å². The number of benzene rings is 10. The first-order chi connectivity index (χ1) is 29.8. The van der Waals surface area contributed by atoms with Gasteiger partial charge in [-0.25, -0.2) is 0 Å². The fourth-order valence-electron chi connectivity index (χ4n) is 8.78. The molecule has 1 heterocycles. The smallest absolute Gasteiger partial charge is 0.159 e. The second-order valence-corrected chi connectivity index (χ2v) is 15.3. The van der Waals surface area contributed by atoms with Crippen LogP contribution in [0.2, 0.25) is 0 Å². The largest absolute Gasteiger partial charge is 0.453 e. The summed E-state index contributed by atoms with van der Waals surface area (Å²) in [5.41, 5.74) is 16.5. The number of rotatable bonds is 8. The summed E-state index contributed by atoms with van der Waals surface area (Å²) in [5.74, 6) is 0. The SMILES string of the molecule is c1ccc(-c2ccc(N(c3ccc(-c4ccc5cccc(-c6ccccc6)c5c4)cc3)c3cccc4c3oc3c(-c5ccccc5)cccc34)cc2-c2ccccc2)cc1. The molecule has 1 aromatic heterocycles. The van der Waals surface area contributed by atoms with Gasteiger partial charge in [-0.15, -0.1) is 0 Å². The number of nitrogens with zero attached hydrogens (tertiary/aromatic N) is 1. The van der Waals surface area contributed by atoms with Gasteiger partial charge < -0.3 is 9.32 Å². The van der Waals surface area contributed by atoms with Crippen molar-refractivity contribution in [2.24, 2.45) is 0 Å². The highest BCUT2D eigenvalue weighted by Gasteiger charge is 2.22. The molecule has 0 fully saturated rings. The van der Waals surface area contributed by atoms with Crippen LogP contribution in [0.3, 0.4) is 0 Å². The average Bonchev–Trinajstić information content (AvgIpc) is 3.72. The highest BCUT2D eigenvalue weighted by molar-refractivity contribution is 6.13. The number of hydrogen-bond acceptors (Lipinski definition) is 2. The topological polar surface area (TPSA) is 16.4 Å². The molecular formula is C58H39NO. The van der Waals surface area contributed by atoms with Crippen molar-refractivity contribution in [2.75, 3.05) is 4.90 Å². The highest BCUT2D eigenvalue weighted by Crippen LogP contribution is 2.46. The predicted molar refractivity (Wildman–Crippen MR) is 253 cm³/mol. The van der Waals surface area contributed by atoms with Gasteiger partial charge in [-0.05, 0) is 97.2 Å². The van der Waals surface area contributed by atoms with Crippen LogP contribution < -0.4 is 4.90 Å². The number of furan rings is 1. The van der Waals surface area contributed by atoms with Crippen molar-refractivity contribution in [3.8, 4) is 55.6 Å². The molecule has 2 heteroatoms. The third kappa shape index (κ3) is 6.32. The fraction of sp³-hybridized carbons (Fsp3) is 0. The zero-order valence-electron chi connectivity index (χ0n) is 32.9. The van der Waals surface area contributed by atoms with Crippen molar-refractivity contribution < 1.29 is 4.42 Å². The third-order valence-corrected chi connectivity index (χ3v) is 11.7. The maximum atomic E-state index is 7.04. The molecule has 0 unspecified atom stereocenters. The van der Waals surface area contributed by atoms with Crippen molar-refractivity contribution in [1.29, 1.82) is 0 Å². The Bertz CT molecular complexity index is 3280. The Labute approximate surface area is 349 Å². The van der Waals surface area contributed by atoms with Crippen LogP contribution in [0.5, 0.6) is 0 Å². The van der Waals surface area contributed by atoms with E-state index < -0.39 is 0 Å². The first-order valence-corrected chi connectivity index (χ1v) is 20.5. The Morgan fingerprint density at radius 2 is 0.783 bits per heavy atom. The van der Waals surface area contributed by atoms with E-state index in [2.05, 4.69) is 241 Å². The molecule has 0 amide bonds. The zero-order valence-corrected chi connectivity index (χ0v) is 32.9. The highest BCUT2D eigenvalue weighted by atomic mass is 16.3. The molecule has 0 aliphatic rings. The van der Waals surface area contributed by atoms with Crippen molar-refractivity contribution in [3.05, 3.63) is 237 Å². The molecule has 0 N–H and O–H groups in total. The van der Waals surface area contributed by atoms with E-state index in [-0.39, 0.29) is 0 Å². The molecule has 0 spiro atoms. The Kier molecular flexibility index (Phi) is 8.87. The summed E-state index contributed by atoms with van der Waals surface area (Å²) < 4.78 is 7.04. The van der Waals surface area contributed by atoms with Crippen molar-refractivity contribution in [2.45, 2.75) is 0 Å². The lowest BCUT2D eigenvalue weighted by Crippen LogP contribution is -2.10. The van der Waals surface area contributed by atoms with Gasteiger partial charge in [-0.1, -0.05) is 200 Å². The maximum Gasteiger partial charge on any atom is 0.159 e. The summed E-state index contributed by atoms with van der Waals surface area (Å²) in [6.07, 6.45) is 0. The van der Waals surface area contributed by atoms with Crippen LogP contribution >= 0.6 is 0 Å². The monoisotopic (exact) mass is 765 g/mol. The average molecular weight is 766 g/mol. The van der Waals surface area contributed by atoms with E-state index in [4.69, 9.17) is 4.42 Å². The van der Waals surface area contributed by atoms with E-state index in [1.165, 1.54) is 38.6 Å². The molecule has 0 aliphatic heterocycles. The molecule has 0 saturated carbocycles. The molecule has 0 saturated heterocycles. The van der Waals surface area contributed by atoms with Gasteiger partial charge in [0.15, 0.2) is 5.58 Å². The van der Waals surface area contributed by atoms with Crippen molar-refractivity contribution in [1.82, 2.24) is 0 Å². The van der Waals surface area contributed by atoms with Crippen LogP contribution in [0, 0.1) is 0 Å². The second-order valence-electron chi connectivity index (χ2n) is 15.3. The third-order valence-electron chi connectivity index (χ3n) is 11.7. The van der Waals surface area contributed by atoms with E-state index in [0.29, 0.717) is 0 Å². The lowest BCUT2D eigenvalue weighted by molar-refractivity contribution is 0.670. The lowest BCUT2D eigenvalue weighted by Gasteiger charge is -2.27. The summed E-state index contributed by atoms with van der Waals surface area (Å²) in [4.78, 5) is 2.35. The van der Waals surface area contributed by atoms with Gasteiger partial charge in [-0.3, -0.25) is 0 Å². The van der Waals surface area contributed by atoms with Gasteiger partial charge in [0.05, 0.1) is 5.69 Å². The predicted octanol–water partition coefficient (Wildman–Crippen LogP) is 16.5. The Balaban J connectivity index is 1.10. The van der Waals surface area contributed by atoms with Gasteiger partial charge in [0, 0.05) is 27.7 Å². The van der Waals surface area contributed by atoms with Gasteiger partial charge in [0.1, 0.15) is 5.58 Å². The van der Waals surface area contributed by atoms with Crippen LogP contribution in [0.1, 0.15) is 0 Å². The number of anilines is 3. The minimum absolute atomic E-state index is 0.844. The molecule has 11 rings (SSSR count). The molecule has 60 heavy (non-hydrogen) atoms. The molecule has 0 bridgehead atoms. The number of hydrogen-bond donors (Lipinski definition) is 0. The fourth-order valence-corrected chi connectivity index (χ4v) is 8.78. The minimum atomic E-state index is 0.844. The summed E-state index contributed by atoms with van der Waals surface area (Å²) in [6.45, 7) is 0. The maximum absolute atomic E-state index is 7.04. The Morgan fingerprint density at radius 3 is 1.45 bits per heavy atom. The molecule has 2 nitrogen and oxygen atoms in total. The minimum Gasteiger partial charge on any atom is -0.453 e. The van der Waals surface area contributed by atoms with Gasteiger partial charge in [-0.2, -0.15) is 0 Å². The van der Waals surface area contributed by atoms with Crippen molar-refractivity contribution in [3.63, 3.8) is 0 Å². The summed E-state index contributed by atoms with van der Waals surface area (Å²) in [6, 6.07) is 84.7. The number of para-hydroxylation sites is 2. The van der Waals surface area contributed by atoms with E-state index >= 15 is 0 Å². The van der Waals surface area contributed by atoms with E-state index in [1.54, 1.807) is 0 Å². The molecule has 11 aromatic rings. The molecule has 0 aliphatic carbocycles. The van der Waals surface area contributed by atoms with Crippen LogP contribution in [0.25, 0.3) is 88.3 Å². The van der Waals surface area contributed by atoms with Crippen LogP contribution in [0.4, 0.5) is 17.1 Å².